The van der Waals surface area contributed by atoms with Gasteiger partial charge in [0.2, 0.25) is 0 Å². The van der Waals surface area contributed by atoms with E-state index in [0.717, 1.165) is 24.3 Å². The van der Waals surface area contributed by atoms with Crippen molar-refractivity contribution in [3.63, 3.8) is 0 Å². The lowest BCUT2D eigenvalue weighted by atomic mass is 10.1. The summed E-state index contributed by atoms with van der Waals surface area (Å²) in [7, 11) is 0. The first kappa shape index (κ1) is 22.9. The zero-order chi connectivity index (χ0) is 22.3. The standard InChI is InChI=1S/C20H16F5NO4/c1-12(18(28)26-15-7-2-3-8-16(15)30-19(21)22)29-17(27)10-9-13-5-4-6-14(11-13)20(23,24)25/h2-12,19H,1H3,(H,26,28)/b10-9+. The van der Waals surface area contributed by atoms with Gasteiger partial charge in [-0.05, 0) is 42.8 Å². The van der Waals surface area contributed by atoms with Crippen molar-refractivity contribution in [1.29, 1.82) is 0 Å². The number of benzene rings is 2. The Morgan fingerprint density at radius 3 is 2.43 bits per heavy atom. The zero-order valence-corrected chi connectivity index (χ0v) is 15.5. The van der Waals surface area contributed by atoms with Crippen LogP contribution in [0.2, 0.25) is 0 Å². The molecule has 1 unspecified atom stereocenters. The predicted molar refractivity (Wildman–Crippen MR) is 97.7 cm³/mol. The molecule has 2 aromatic rings. The number of amides is 1. The summed E-state index contributed by atoms with van der Waals surface area (Å²) < 4.78 is 72.1. The topological polar surface area (TPSA) is 64.6 Å². The molecule has 0 aliphatic carbocycles. The molecule has 160 valence electrons. The van der Waals surface area contributed by atoms with Crippen LogP contribution in [0.3, 0.4) is 0 Å². The number of hydrogen-bond acceptors (Lipinski definition) is 4. The highest BCUT2D eigenvalue weighted by Gasteiger charge is 2.30. The molecule has 10 heteroatoms. The van der Waals surface area contributed by atoms with Crippen LogP contribution in [-0.4, -0.2) is 24.6 Å². The normalized spacial score (nSPS) is 12.6. The molecular formula is C20H16F5NO4. The fourth-order valence-electron chi connectivity index (χ4n) is 2.25. The first-order valence-corrected chi connectivity index (χ1v) is 8.47. The molecule has 0 saturated carbocycles. The maximum absolute atomic E-state index is 12.7. The first-order chi connectivity index (χ1) is 14.1. The minimum atomic E-state index is -4.53. The van der Waals surface area contributed by atoms with Gasteiger partial charge in [0, 0.05) is 6.08 Å². The Morgan fingerprint density at radius 1 is 1.07 bits per heavy atom. The van der Waals surface area contributed by atoms with Gasteiger partial charge in [-0.3, -0.25) is 4.79 Å². The summed E-state index contributed by atoms with van der Waals surface area (Å²) in [5, 5.41) is 2.30. The highest BCUT2D eigenvalue weighted by atomic mass is 19.4. The minimum Gasteiger partial charge on any atom is -0.449 e. The number of carbonyl (C=O) groups is 2. The van der Waals surface area contributed by atoms with Gasteiger partial charge in [0.05, 0.1) is 11.3 Å². The third-order valence-electron chi connectivity index (χ3n) is 3.65. The Bertz CT molecular complexity index is 927. The van der Waals surface area contributed by atoms with Crippen molar-refractivity contribution in [3.8, 4) is 5.75 Å². The van der Waals surface area contributed by atoms with Crippen LogP contribution < -0.4 is 10.1 Å². The second kappa shape index (κ2) is 9.86. The number of hydrogen-bond donors (Lipinski definition) is 1. The molecule has 1 N–H and O–H groups in total. The maximum Gasteiger partial charge on any atom is 0.416 e. The van der Waals surface area contributed by atoms with Crippen LogP contribution in [0.25, 0.3) is 6.08 Å². The van der Waals surface area contributed by atoms with Crippen LogP contribution in [0, 0.1) is 0 Å². The van der Waals surface area contributed by atoms with Gasteiger partial charge in [0.15, 0.2) is 6.10 Å². The first-order valence-electron chi connectivity index (χ1n) is 8.47. The van der Waals surface area contributed by atoms with E-state index >= 15 is 0 Å². The fraction of sp³-hybridized carbons (Fsp3) is 0.200. The predicted octanol–water partition coefficient (Wildman–Crippen LogP) is 4.89. The Morgan fingerprint density at radius 2 is 1.77 bits per heavy atom. The van der Waals surface area contributed by atoms with Gasteiger partial charge in [0.1, 0.15) is 5.75 Å². The van der Waals surface area contributed by atoms with Crippen molar-refractivity contribution in [1.82, 2.24) is 0 Å². The van der Waals surface area contributed by atoms with Crippen LogP contribution in [0.5, 0.6) is 5.75 Å². The number of esters is 1. The van der Waals surface area contributed by atoms with Crippen LogP contribution in [-0.2, 0) is 20.5 Å². The van der Waals surface area contributed by atoms with Crippen molar-refractivity contribution < 1.29 is 41.0 Å². The molecular weight excluding hydrogens is 413 g/mol. The van der Waals surface area contributed by atoms with Crippen LogP contribution in [0.1, 0.15) is 18.1 Å². The molecule has 0 saturated heterocycles. The lowest BCUT2D eigenvalue weighted by Crippen LogP contribution is -2.29. The van der Waals surface area contributed by atoms with Crippen LogP contribution in [0.4, 0.5) is 27.6 Å². The summed E-state index contributed by atoms with van der Waals surface area (Å²) in [5.41, 5.74) is -0.822. The lowest BCUT2D eigenvalue weighted by molar-refractivity contribution is -0.148. The van der Waals surface area contributed by atoms with Crippen molar-refractivity contribution >= 4 is 23.6 Å². The second-order valence-corrected chi connectivity index (χ2v) is 5.90. The Labute approximate surface area is 168 Å². The second-order valence-electron chi connectivity index (χ2n) is 5.90. The Kier molecular flexibility index (Phi) is 7.51. The molecule has 2 rings (SSSR count). The molecule has 1 atom stereocenters. The van der Waals surface area contributed by atoms with E-state index in [1.165, 1.54) is 43.3 Å². The lowest BCUT2D eigenvalue weighted by Gasteiger charge is -2.15. The van der Waals surface area contributed by atoms with E-state index in [2.05, 4.69) is 10.1 Å². The molecule has 0 heterocycles. The fourth-order valence-corrected chi connectivity index (χ4v) is 2.25. The molecule has 2 aromatic carbocycles. The van der Waals surface area contributed by atoms with E-state index in [4.69, 9.17) is 4.74 Å². The molecule has 1 amide bonds. The van der Waals surface area contributed by atoms with E-state index in [-0.39, 0.29) is 17.0 Å². The summed E-state index contributed by atoms with van der Waals surface area (Å²) in [4.78, 5) is 24.0. The number of nitrogens with one attached hydrogen (secondary N) is 1. The molecule has 0 radical (unpaired) electrons. The maximum atomic E-state index is 12.7. The Balaban J connectivity index is 1.98. The molecule has 0 aromatic heterocycles. The summed E-state index contributed by atoms with van der Waals surface area (Å²) in [6, 6.07) is 9.71. The van der Waals surface area contributed by atoms with E-state index < -0.39 is 36.3 Å². The Hall–Kier alpha value is -3.43. The number of halogens is 5. The van der Waals surface area contributed by atoms with Crippen LogP contribution in [0.15, 0.2) is 54.6 Å². The van der Waals surface area contributed by atoms with Gasteiger partial charge >= 0.3 is 18.8 Å². The molecule has 0 fully saturated rings. The minimum absolute atomic E-state index is 0.0507. The molecule has 0 spiro atoms. The van der Waals surface area contributed by atoms with Gasteiger partial charge in [-0.15, -0.1) is 0 Å². The molecule has 0 aliphatic rings. The van der Waals surface area contributed by atoms with E-state index in [1.807, 2.05) is 0 Å². The monoisotopic (exact) mass is 429 g/mol. The average Bonchev–Trinajstić information content (AvgIpc) is 2.67. The summed E-state index contributed by atoms with van der Waals surface area (Å²) in [6.07, 6.45) is -3.87. The summed E-state index contributed by atoms with van der Waals surface area (Å²) in [5.74, 6) is -2.07. The van der Waals surface area contributed by atoms with Crippen molar-refractivity contribution in [2.75, 3.05) is 5.32 Å². The quantitative estimate of drug-likeness (QED) is 0.387. The molecule has 30 heavy (non-hydrogen) atoms. The van der Waals surface area contributed by atoms with E-state index in [0.29, 0.717) is 0 Å². The largest absolute Gasteiger partial charge is 0.449 e. The van der Waals surface area contributed by atoms with E-state index in [9.17, 15) is 31.5 Å². The highest BCUT2D eigenvalue weighted by molar-refractivity contribution is 5.97. The number of carbonyl (C=O) groups excluding carboxylic acids is 2. The molecule has 5 nitrogen and oxygen atoms in total. The highest BCUT2D eigenvalue weighted by Crippen LogP contribution is 2.30. The third kappa shape index (κ3) is 6.87. The number of para-hydroxylation sites is 2. The smallest absolute Gasteiger partial charge is 0.416 e. The molecule has 0 bridgehead atoms. The third-order valence-corrected chi connectivity index (χ3v) is 3.65. The summed E-state index contributed by atoms with van der Waals surface area (Å²) in [6.45, 7) is -1.86. The van der Waals surface area contributed by atoms with Gasteiger partial charge < -0.3 is 14.8 Å². The number of ether oxygens (including phenoxy) is 2. The SMILES string of the molecule is CC(OC(=O)/C=C/c1cccc(C(F)(F)F)c1)C(=O)Nc1ccccc1OC(F)F. The van der Waals surface area contributed by atoms with Crippen molar-refractivity contribution in [2.45, 2.75) is 25.8 Å². The van der Waals surface area contributed by atoms with Crippen molar-refractivity contribution in [2.24, 2.45) is 0 Å². The van der Waals surface area contributed by atoms with Gasteiger partial charge in [-0.25, -0.2) is 4.79 Å². The number of rotatable bonds is 7. The van der Waals surface area contributed by atoms with Crippen molar-refractivity contribution in [3.05, 3.63) is 65.7 Å². The van der Waals surface area contributed by atoms with Gasteiger partial charge in [0.25, 0.3) is 5.91 Å². The molecule has 0 aliphatic heterocycles. The zero-order valence-electron chi connectivity index (χ0n) is 15.5. The van der Waals surface area contributed by atoms with Gasteiger partial charge in [-0.1, -0.05) is 24.3 Å². The van der Waals surface area contributed by atoms with Crippen LogP contribution >= 0.6 is 0 Å². The number of alkyl halides is 5. The number of anilines is 1. The average molecular weight is 429 g/mol. The van der Waals surface area contributed by atoms with Gasteiger partial charge in [-0.2, -0.15) is 22.0 Å². The summed E-state index contributed by atoms with van der Waals surface area (Å²) >= 11 is 0. The van der Waals surface area contributed by atoms with E-state index in [1.54, 1.807) is 0 Å².